The molecule has 1 heterocycles. The molecule has 0 saturated carbocycles. The van der Waals surface area contributed by atoms with E-state index in [9.17, 15) is 0 Å². The maximum Gasteiger partial charge on any atom is 0.0772 e. The molecule has 0 bridgehead atoms. The molecule has 3 aromatic carbocycles. The van der Waals surface area contributed by atoms with Gasteiger partial charge in [-0.05, 0) is 53.1 Å². The molecule has 0 amide bonds. The van der Waals surface area contributed by atoms with Gasteiger partial charge >= 0.3 is 0 Å². The zero-order chi connectivity index (χ0) is 17.1. The molecule has 2 nitrogen and oxygen atoms in total. The Morgan fingerprint density at radius 2 is 1.84 bits per heavy atom. The van der Waals surface area contributed by atoms with Gasteiger partial charge in [0.25, 0.3) is 0 Å². The first-order valence-corrected chi connectivity index (χ1v) is 9.64. The largest absolute Gasteiger partial charge is 0.372 e. The Labute approximate surface area is 157 Å². The molecule has 3 heteroatoms. The van der Waals surface area contributed by atoms with E-state index in [1.807, 2.05) is 0 Å². The molecule has 0 radical (unpaired) electrons. The lowest BCUT2D eigenvalue weighted by atomic mass is 9.88. The molecule has 1 N–H and O–H groups in total. The van der Waals surface area contributed by atoms with Crippen molar-refractivity contribution in [1.82, 2.24) is 5.32 Å². The molecule has 1 aliphatic heterocycles. The van der Waals surface area contributed by atoms with E-state index in [0.29, 0.717) is 12.5 Å². The first kappa shape index (κ1) is 16.8. The second-order valence-corrected chi connectivity index (χ2v) is 7.60. The lowest BCUT2D eigenvalue weighted by molar-refractivity contribution is 0.0106. The number of benzene rings is 3. The minimum atomic E-state index is 0.203. The fourth-order valence-electron chi connectivity index (χ4n) is 3.66. The monoisotopic (exact) mass is 395 g/mol. The summed E-state index contributed by atoms with van der Waals surface area (Å²) in [6.07, 6.45) is 1.31. The molecule has 25 heavy (non-hydrogen) atoms. The molecular weight excluding hydrogens is 374 g/mol. The normalized spacial score (nSPS) is 20.7. The summed E-state index contributed by atoms with van der Waals surface area (Å²) in [6.45, 7) is 2.61. The van der Waals surface area contributed by atoms with Crippen molar-refractivity contribution in [3.8, 4) is 0 Å². The molecule has 4 rings (SSSR count). The fourth-order valence-corrected chi connectivity index (χ4v) is 4.07. The van der Waals surface area contributed by atoms with Gasteiger partial charge in [0, 0.05) is 16.9 Å². The molecule has 1 aliphatic rings. The van der Waals surface area contributed by atoms with Crippen LogP contribution < -0.4 is 5.32 Å². The third-order valence-electron chi connectivity index (χ3n) is 4.98. The molecule has 2 atom stereocenters. The SMILES string of the molecule is Brc1cccc(C2CCNCC2OCc2ccc3ccccc3c2)c1. The first-order valence-electron chi connectivity index (χ1n) is 8.85. The molecule has 128 valence electrons. The molecule has 2 unspecified atom stereocenters. The number of hydrogen-bond donors (Lipinski definition) is 1. The van der Waals surface area contributed by atoms with Crippen molar-refractivity contribution in [1.29, 1.82) is 0 Å². The van der Waals surface area contributed by atoms with Crippen LogP contribution in [0.4, 0.5) is 0 Å². The summed E-state index contributed by atoms with van der Waals surface area (Å²) in [5.41, 5.74) is 2.59. The van der Waals surface area contributed by atoms with Gasteiger partial charge in [-0.15, -0.1) is 0 Å². The van der Waals surface area contributed by atoms with Crippen LogP contribution in [0.15, 0.2) is 71.2 Å². The molecule has 0 aliphatic carbocycles. The lowest BCUT2D eigenvalue weighted by Crippen LogP contribution is -2.40. The Morgan fingerprint density at radius 3 is 2.72 bits per heavy atom. The standard InChI is InChI=1S/C22H22BrNO/c23-20-7-3-6-19(13-20)21-10-11-24-14-22(21)25-15-16-8-9-17-4-1-2-5-18(17)12-16/h1-9,12-13,21-22,24H,10-11,14-15H2. The Bertz CT molecular complexity index is 863. The van der Waals surface area contributed by atoms with E-state index in [4.69, 9.17) is 4.74 Å². The summed E-state index contributed by atoms with van der Waals surface area (Å²) < 4.78 is 7.48. The zero-order valence-corrected chi connectivity index (χ0v) is 15.7. The van der Waals surface area contributed by atoms with Crippen LogP contribution in [0.1, 0.15) is 23.5 Å². The second kappa shape index (κ2) is 7.69. The van der Waals surface area contributed by atoms with Gasteiger partial charge in [0.1, 0.15) is 0 Å². The summed E-state index contributed by atoms with van der Waals surface area (Å²) >= 11 is 3.59. The van der Waals surface area contributed by atoms with Crippen molar-refractivity contribution in [2.45, 2.75) is 25.0 Å². The van der Waals surface area contributed by atoms with Gasteiger partial charge in [-0.3, -0.25) is 0 Å². The molecule has 1 saturated heterocycles. The average Bonchev–Trinajstić information content (AvgIpc) is 2.66. The predicted molar refractivity (Wildman–Crippen MR) is 107 cm³/mol. The van der Waals surface area contributed by atoms with Crippen LogP contribution >= 0.6 is 15.9 Å². The average molecular weight is 396 g/mol. The van der Waals surface area contributed by atoms with Crippen LogP contribution in [-0.4, -0.2) is 19.2 Å². The topological polar surface area (TPSA) is 21.3 Å². The number of piperidine rings is 1. The third kappa shape index (κ3) is 3.95. The van der Waals surface area contributed by atoms with Crippen molar-refractivity contribution in [2.24, 2.45) is 0 Å². The van der Waals surface area contributed by atoms with Gasteiger partial charge in [0.15, 0.2) is 0 Å². The van der Waals surface area contributed by atoms with E-state index in [1.54, 1.807) is 0 Å². The van der Waals surface area contributed by atoms with E-state index >= 15 is 0 Å². The smallest absolute Gasteiger partial charge is 0.0772 e. The van der Waals surface area contributed by atoms with Gasteiger partial charge in [-0.25, -0.2) is 0 Å². The van der Waals surface area contributed by atoms with Crippen LogP contribution in [0.25, 0.3) is 10.8 Å². The van der Waals surface area contributed by atoms with Gasteiger partial charge in [-0.1, -0.05) is 64.5 Å². The highest BCUT2D eigenvalue weighted by Crippen LogP contribution is 2.30. The van der Waals surface area contributed by atoms with E-state index in [-0.39, 0.29) is 6.10 Å². The van der Waals surface area contributed by atoms with E-state index in [0.717, 1.165) is 24.0 Å². The Hall–Kier alpha value is -1.68. The summed E-state index contributed by atoms with van der Waals surface area (Å²) in [5, 5.41) is 6.03. The highest BCUT2D eigenvalue weighted by atomic mass is 79.9. The van der Waals surface area contributed by atoms with Gasteiger partial charge in [0.2, 0.25) is 0 Å². The van der Waals surface area contributed by atoms with Gasteiger partial charge in [-0.2, -0.15) is 0 Å². The number of fused-ring (bicyclic) bond motifs is 1. The van der Waals surface area contributed by atoms with Crippen LogP contribution in [0.3, 0.4) is 0 Å². The minimum Gasteiger partial charge on any atom is -0.372 e. The highest BCUT2D eigenvalue weighted by Gasteiger charge is 2.27. The molecule has 3 aromatic rings. The predicted octanol–water partition coefficient (Wildman–Crippen LogP) is 5.26. The fraction of sp³-hybridized carbons (Fsp3) is 0.273. The number of ether oxygens (including phenoxy) is 1. The summed E-state index contributed by atoms with van der Waals surface area (Å²) in [6, 6.07) is 23.7. The molecular formula is C22H22BrNO. The Balaban J connectivity index is 1.49. The molecule has 1 fully saturated rings. The minimum absolute atomic E-state index is 0.203. The summed E-state index contributed by atoms with van der Waals surface area (Å²) in [5.74, 6) is 0.444. The van der Waals surface area contributed by atoms with Crippen LogP contribution in [0.5, 0.6) is 0 Å². The van der Waals surface area contributed by atoms with Crippen molar-refractivity contribution >= 4 is 26.7 Å². The van der Waals surface area contributed by atoms with E-state index in [1.165, 1.54) is 21.9 Å². The van der Waals surface area contributed by atoms with Crippen molar-refractivity contribution < 1.29 is 4.74 Å². The Morgan fingerprint density at radius 1 is 0.960 bits per heavy atom. The molecule has 0 aromatic heterocycles. The van der Waals surface area contributed by atoms with Crippen molar-refractivity contribution in [3.63, 3.8) is 0 Å². The highest BCUT2D eigenvalue weighted by molar-refractivity contribution is 9.10. The van der Waals surface area contributed by atoms with Crippen molar-refractivity contribution in [3.05, 3.63) is 82.3 Å². The zero-order valence-electron chi connectivity index (χ0n) is 14.1. The van der Waals surface area contributed by atoms with Crippen LogP contribution in [-0.2, 0) is 11.3 Å². The van der Waals surface area contributed by atoms with E-state index in [2.05, 4.69) is 88.0 Å². The maximum absolute atomic E-state index is 6.35. The summed E-state index contributed by atoms with van der Waals surface area (Å²) in [4.78, 5) is 0. The maximum atomic E-state index is 6.35. The van der Waals surface area contributed by atoms with Gasteiger partial charge < -0.3 is 10.1 Å². The lowest BCUT2D eigenvalue weighted by Gasteiger charge is -2.32. The summed E-state index contributed by atoms with van der Waals surface area (Å²) in [7, 11) is 0. The quantitative estimate of drug-likeness (QED) is 0.649. The number of nitrogens with one attached hydrogen (secondary N) is 1. The molecule has 0 spiro atoms. The Kier molecular flexibility index (Phi) is 5.16. The van der Waals surface area contributed by atoms with Crippen LogP contribution in [0.2, 0.25) is 0 Å². The third-order valence-corrected chi connectivity index (χ3v) is 5.47. The second-order valence-electron chi connectivity index (χ2n) is 6.69. The van der Waals surface area contributed by atoms with Crippen molar-refractivity contribution in [2.75, 3.05) is 13.1 Å². The van der Waals surface area contributed by atoms with Gasteiger partial charge in [0.05, 0.1) is 12.7 Å². The first-order chi connectivity index (χ1) is 12.3. The number of rotatable bonds is 4. The number of halogens is 1. The number of hydrogen-bond acceptors (Lipinski definition) is 2. The van der Waals surface area contributed by atoms with E-state index < -0.39 is 0 Å². The van der Waals surface area contributed by atoms with Crippen LogP contribution in [0, 0.1) is 0 Å².